The zero-order valence-electron chi connectivity index (χ0n) is 6.10. The molecule has 1 unspecified atom stereocenters. The lowest BCUT2D eigenvalue weighted by atomic mass is 10.0. The van der Waals surface area contributed by atoms with Crippen LogP contribution in [0.25, 0.3) is 0 Å². The molecular weight excluding hydrogens is 243 g/mol. The largest absolute Gasteiger partial charge is 0.550 e. The third kappa shape index (κ3) is 6.32. The van der Waals surface area contributed by atoms with Crippen LogP contribution >= 0.6 is 22.6 Å². The average Bonchev–Trinajstić information content (AvgIpc) is 1.85. The first kappa shape index (κ1) is 10.2. The molecule has 0 spiro atoms. The summed E-state index contributed by atoms with van der Waals surface area (Å²) in [5.74, 6) is -0.407. The lowest BCUT2D eigenvalue weighted by Gasteiger charge is -2.08. The molecule has 0 aromatic heterocycles. The molecule has 0 bridgehead atoms. The number of hydrogen-bond acceptors (Lipinski definition) is 2. The van der Waals surface area contributed by atoms with E-state index >= 15 is 0 Å². The minimum absolute atomic E-state index is 0.206. The summed E-state index contributed by atoms with van der Waals surface area (Å²) in [5, 5.41) is 10.00. The van der Waals surface area contributed by atoms with Gasteiger partial charge in [-0.3, -0.25) is 0 Å². The van der Waals surface area contributed by atoms with Crippen LogP contribution < -0.4 is 5.11 Å². The molecule has 0 aromatic rings. The second-order valence-corrected chi connectivity index (χ2v) is 3.57. The fraction of sp³-hybridized carbons (Fsp3) is 0.857. The molecule has 0 aliphatic carbocycles. The van der Waals surface area contributed by atoms with Gasteiger partial charge < -0.3 is 9.90 Å². The Bertz CT molecular complexity index is 104. The number of alkyl halides is 1. The van der Waals surface area contributed by atoms with Crippen molar-refractivity contribution >= 4 is 28.6 Å². The Morgan fingerprint density at radius 3 is 2.60 bits per heavy atom. The van der Waals surface area contributed by atoms with Crippen LogP contribution in [0.2, 0.25) is 0 Å². The summed E-state index contributed by atoms with van der Waals surface area (Å²) in [4.78, 5) is 10.00. The molecule has 1 atom stereocenters. The van der Waals surface area contributed by atoms with Gasteiger partial charge in [-0.25, -0.2) is 0 Å². The summed E-state index contributed by atoms with van der Waals surface area (Å²) < 4.78 is 1.10. The first-order valence-electron chi connectivity index (χ1n) is 3.42. The van der Waals surface area contributed by atoms with Gasteiger partial charge in [-0.15, -0.1) is 0 Å². The lowest BCUT2D eigenvalue weighted by molar-refractivity contribution is -0.306. The second kappa shape index (κ2) is 5.95. The smallest absolute Gasteiger partial charge is 0.0414 e. The summed E-state index contributed by atoms with van der Waals surface area (Å²) in [6.45, 7) is 2.07. The molecule has 0 saturated heterocycles. The zero-order chi connectivity index (χ0) is 7.98. The van der Waals surface area contributed by atoms with Gasteiger partial charge in [0, 0.05) is 5.97 Å². The van der Waals surface area contributed by atoms with E-state index in [-0.39, 0.29) is 6.42 Å². The van der Waals surface area contributed by atoms with Gasteiger partial charge in [-0.05, 0) is 29.6 Å². The van der Waals surface area contributed by atoms with Crippen molar-refractivity contribution < 1.29 is 9.90 Å². The van der Waals surface area contributed by atoms with Crippen LogP contribution in [0.1, 0.15) is 26.2 Å². The Morgan fingerprint density at radius 2 is 2.20 bits per heavy atom. The van der Waals surface area contributed by atoms with E-state index in [0.29, 0.717) is 5.92 Å². The van der Waals surface area contributed by atoms with Gasteiger partial charge in [-0.1, -0.05) is 29.5 Å². The molecule has 2 nitrogen and oxygen atoms in total. The second-order valence-electron chi connectivity index (χ2n) is 2.49. The van der Waals surface area contributed by atoms with Crippen molar-refractivity contribution in [2.75, 3.05) is 4.43 Å². The molecule has 10 heavy (non-hydrogen) atoms. The van der Waals surface area contributed by atoms with Crippen LogP contribution in [0.5, 0.6) is 0 Å². The fourth-order valence-electron chi connectivity index (χ4n) is 0.695. The molecule has 0 fully saturated rings. The maximum atomic E-state index is 10.00. The standard InChI is InChI=1S/C7H13IO2/c1-6(4-5-8)2-3-7(9)10/h6H,2-5H2,1H3,(H,9,10)/p-1. The minimum Gasteiger partial charge on any atom is -0.550 e. The van der Waals surface area contributed by atoms with Crippen molar-refractivity contribution in [2.24, 2.45) is 5.92 Å². The van der Waals surface area contributed by atoms with E-state index in [0.717, 1.165) is 17.3 Å². The zero-order valence-corrected chi connectivity index (χ0v) is 8.26. The first-order valence-corrected chi connectivity index (χ1v) is 4.95. The molecule has 0 aromatic carbocycles. The summed E-state index contributed by atoms with van der Waals surface area (Å²) in [5.41, 5.74) is 0. The Balaban J connectivity index is 3.21. The first-order chi connectivity index (χ1) is 4.66. The number of halogens is 1. The SMILES string of the molecule is CC(CCI)CCC(=O)[O-]. The van der Waals surface area contributed by atoms with Gasteiger partial charge in [-0.2, -0.15) is 0 Å². The van der Waals surface area contributed by atoms with Crippen LogP contribution in [-0.2, 0) is 4.79 Å². The highest BCUT2D eigenvalue weighted by atomic mass is 127. The van der Waals surface area contributed by atoms with E-state index in [2.05, 4.69) is 29.5 Å². The van der Waals surface area contributed by atoms with Crippen molar-refractivity contribution in [3.63, 3.8) is 0 Å². The molecule has 0 N–H and O–H groups in total. The van der Waals surface area contributed by atoms with Gasteiger partial charge in [0.1, 0.15) is 0 Å². The lowest BCUT2D eigenvalue weighted by Crippen LogP contribution is -2.22. The van der Waals surface area contributed by atoms with Crippen molar-refractivity contribution in [1.29, 1.82) is 0 Å². The molecule has 0 saturated carbocycles. The Labute approximate surface area is 75.1 Å². The minimum atomic E-state index is -0.930. The number of hydrogen-bond donors (Lipinski definition) is 0. The summed E-state index contributed by atoms with van der Waals surface area (Å²) in [6.07, 6.45) is 2.07. The molecule has 0 heterocycles. The number of carboxylic acids is 1. The number of aliphatic carboxylic acids is 1. The van der Waals surface area contributed by atoms with E-state index in [1.807, 2.05) is 0 Å². The van der Waals surface area contributed by atoms with Crippen LogP contribution in [0, 0.1) is 5.92 Å². The molecular formula is C7H12IO2-. The van der Waals surface area contributed by atoms with E-state index in [1.54, 1.807) is 0 Å². The topological polar surface area (TPSA) is 40.1 Å². The monoisotopic (exact) mass is 255 g/mol. The maximum Gasteiger partial charge on any atom is 0.0414 e. The average molecular weight is 255 g/mol. The van der Waals surface area contributed by atoms with E-state index in [9.17, 15) is 9.90 Å². The molecule has 0 aliphatic heterocycles. The highest BCUT2D eigenvalue weighted by Gasteiger charge is 1.99. The molecule has 0 rings (SSSR count). The van der Waals surface area contributed by atoms with E-state index in [4.69, 9.17) is 0 Å². The predicted molar refractivity (Wildman–Crippen MR) is 46.9 cm³/mol. The van der Waals surface area contributed by atoms with Crippen molar-refractivity contribution in [3.8, 4) is 0 Å². The third-order valence-corrected chi connectivity index (χ3v) is 2.07. The number of rotatable bonds is 5. The van der Waals surface area contributed by atoms with Gasteiger partial charge in [0.05, 0.1) is 0 Å². The normalized spacial score (nSPS) is 13.0. The van der Waals surface area contributed by atoms with Crippen molar-refractivity contribution in [3.05, 3.63) is 0 Å². The van der Waals surface area contributed by atoms with Gasteiger partial charge in [0.2, 0.25) is 0 Å². The quantitative estimate of drug-likeness (QED) is 0.542. The number of carboxylic acid groups (broad SMARTS) is 1. The van der Waals surface area contributed by atoms with E-state index in [1.165, 1.54) is 0 Å². The highest BCUT2D eigenvalue weighted by molar-refractivity contribution is 14.1. The van der Waals surface area contributed by atoms with Crippen LogP contribution in [0.3, 0.4) is 0 Å². The fourth-order valence-corrected chi connectivity index (χ4v) is 1.76. The van der Waals surface area contributed by atoms with Gasteiger partial charge in [0.25, 0.3) is 0 Å². The van der Waals surface area contributed by atoms with Crippen molar-refractivity contribution in [1.82, 2.24) is 0 Å². The summed E-state index contributed by atoms with van der Waals surface area (Å²) >= 11 is 2.30. The maximum absolute atomic E-state index is 10.00. The van der Waals surface area contributed by atoms with Gasteiger partial charge >= 0.3 is 0 Å². The summed E-state index contributed by atoms with van der Waals surface area (Å²) in [6, 6.07) is 0. The van der Waals surface area contributed by atoms with E-state index < -0.39 is 5.97 Å². The number of carbonyl (C=O) groups excluding carboxylic acids is 1. The highest BCUT2D eigenvalue weighted by Crippen LogP contribution is 2.10. The van der Waals surface area contributed by atoms with Crippen LogP contribution in [0.15, 0.2) is 0 Å². The number of carbonyl (C=O) groups is 1. The Morgan fingerprint density at radius 1 is 1.60 bits per heavy atom. The third-order valence-electron chi connectivity index (χ3n) is 1.44. The summed E-state index contributed by atoms with van der Waals surface area (Å²) in [7, 11) is 0. The predicted octanol–water partition coefficient (Wildman–Crippen LogP) is 0.978. The molecule has 0 radical (unpaired) electrons. The Hall–Kier alpha value is 0.200. The molecule has 60 valence electrons. The molecule has 0 aliphatic rings. The molecule has 3 heteroatoms. The van der Waals surface area contributed by atoms with Crippen molar-refractivity contribution in [2.45, 2.75) is 26.2 Å². The Kier molecular flexibility index (Phi) is 6.06. The van der Waals surface area contributed by atoms with Crippen LogP contribution in [0.4, 0.5) is 0 Å². The van der Waals surface area contributed by atoms with Gasteiger partial charge in [0.15, 0.2) is 0 Å². The van der Waals surface area contributed by atoms with Crippen LogP contribution in [-0.4, -0.2) is 10.4 Å². The molecule has 0 amide bonds.